The van der Waals surface area contributed by atoms with Crippen molar-refractivity contribution in [3.8, 4) is 22.6 Å². The molecule has 1 aliphatic heterocycles. The maximum atomic E-state index is 12.9. The minimum absolute atomic E-state index is 0.0623. The number of likely N-dealkylation sites (tertiary alicyclic amines) is 1. The lowest BCUT2D eigenvalue weighted by molar-refractivity contribution is -0.132. The Kier molecular flexibility index (Phi) is 7.22. The van der Waals surface area contributed by atoms with Crippen molar-refractivity contribution in [2.75, 3.05) is 13.1 Å². The molecule has 1 aromatic heterocycles. The summed E-state index contributed by atoms with van der Waals surface area (Å²) < 4.78 is 6.17. The Labute approximate surface area is 211 Å². The number of benzene rings is 3. The molecule has 0 radical (unpaired) electrons. The van der Waals surface area contributed by atoms with Gasteiger partial charge in [0.1, 0.15) is 5.69 Å². The Morgan fingerprint density at radius 2 is 1.42 bits per heavy atom. The van der Waals surface area contributed by atoms with Crippen LogP contribution in [0, 0.1) is 0 Å². The molecule has 2 amide bonds. The fourth-order valence-electron chi connectivity index (χ4n) is 4.55. The van der Waals surface area contributed by atoms with Gasteiger partial charge < -0.3 is 14.6 Å². The Hall–Kier alpha value is -4.19. The number of aryl methyl sites for hydroxylation is 1. The van der Waals surface area contributed by atoms with Crippen LogP contribution in [0.2, 0.25) is 0 Å². The van der Waals surface area contributed by atoms with Gasteiger partial charge in [0.2, 0.25) is 5.91 Å². The number of oxazole rings is 1. The van der Waals surface area contributed by atoms with Crippen molar-refractivity contribution in [2.45, 2.75) is 31.7 Å². The van der Waals surface area contributed by atoms with Gasteiger partial charge in [-0.2, -0.15) is 0 Å². The summed E-state index contributed by atoms with van der Waals surface area (Å²) in [5.41, 5.74) is 3.39. The number of hydrogen-bond donors (Lipinski definition) is 1. The van der Waals surface area contributed by atoms with E-state index in [0.717, 1.165) is 35.4 Å². The number of amides is 2. The van der Waals surface area contributed by atoms with Crippen molar-refractivity contribution in [1.29, 1.82) is 0 Å². The lowest BCUT2D eigenvalue weighted by atomic mass is 10.0. The van der Waals surface area contributed by atoms with E-state index in [2.05, 4.69) is 5.32 Å². The smallest absolute Gasteiger partial charge is 0.251 e. The normalized spacial score (nSPS) is 13.9. The zero-order valence-corrected chi connectivity index (χ0v) is 20.1. The second kappa shape index (κ2) is 11.0. The van der Waals surface area contributed by atoms with Crippen LogP contribution in [0.4, 0.5) is 0 Å². The van der Waals surface area contributed by atoms with Crippen molar-refractivity contribution < 1.29 is 14.0 Å². The highest BCUT2D eigenvalue weighted by atomic mass is 16.4. The van der Waals surface area contributed by atoms with E-state index in [1.54, 1.807) is 0 Å². The predicted octanol–water partition coefficient (Wildman–Crippen LogP) is 5.36. The number of carbonyl (C=O) groups excluding carboxylic acids is 2. The fourth-order valence-corrected chi connectivity index (χ4v) is 4.55. The van der Waals surface area contributed by atoms with E-state index < -0.39 is 0 Å². The van der Waals surface area contributed by atoms with Crippen LogP contribution in [0.3, 0.4) is 0 Å². The van der Waals surface area contributed by atoms with Crippen LogP contribution in [0.5, 0.6) is 0 Å². The SMILES string of the molecule is O=C(NC1CCN(C(=O)CCc2nc(-c3ccccc3)c(-c3ccccc3)o2)CC1)c1ccccc1. The first-order valence-corrected chi connectivity index (χ1v) is 12.4. The summed E-state index contributed by atoms with van der Waals surface area (Å²) in [7, 11) is 0. The molecule has 1 fully saturated rings. The van der Waals surface area contributed by atoms with Crippen molar-refractivity contribution in [2.24, 2.45) is 0 Å². The molecule has 36 heavy (non-hydrogen) atoms. The zero-order valence-electron chi connectivity index (χ0n) is 20.1. The summed E-state index contributed by atoms with van der Waals surface area (Å²) in [6, 6.07) is 29.2. The highest BCUT2D eigenvalue weighted by Crippen LogP contribution is 2.33. The van der Waals surface area contributed by atoms with Gasteiger partial charge in [0.05, 0.1) is 0 Å². The minimum Gasteiger partial charge on any atom is -0.440 e. The topological polar surface area (TPSA) is 75.4 Å². The van der Waals surface area contributed by atoms with E-state index in [-0.39, 0.29) is 17.9 Å². The summed E-state index contributed by atoms with van der Waals surface area (Å²) in [6.45, 7) is 1.27. The highest BCUT2D eigenvalue weighted by Gasteiger charge is 2.25. The highest BCUT2D eigenvalue weighted by molar-refractivity contribution is 5.94. The largest absolute Gasteiger partial charge is 0.440 e. The van der Waals surface area contributed by atoms with Crippen LogP contribution in [0.15, 0.2) is 95.4 Å². The van der Waals surface area contributed by atoms with Crippen LogP contribution in [0.25, 0.3) is 22.6 Å². The van der Waals surface area contributed by atoms with Gasteiger partial charge in [0.25, 0.3) is 5.91 Å². The van der Waals surface area contributed by atoms with Gasteiger partial charge in [0, 0.05) is 48.7 Å². The second-order valence-electron chi connectivity index (χ2n) is 9.01. The van der Waals surface area contributed by atoms with Crippen molar-refractivity contribution in [3.05, 3.63) is 102 Å². The van der Waals surface area contributed by atoms with E-state index in [4.69, 9.17) is 9.40 Å². The van der Waals surface area contributed by atoms with E-state index in [1.165, 1.54) is 0 Å². The molecule has 6 nitrogen and oxygen atoms in total. The molecule has 182 valence electrons. The van der Waals surface area contributed by atoms with Crippen LogP contribution in [0.1, 0.15) is 35.5 Å². The standard InChI is InChI=1S/C30H29N3O3/c34-27(33-20-18-25(19-21-33)31-30(35)24-14-8-3-9-15-24)17-16-26-32-28(22-10-4-1-5-11-22)29(36-26)23-12-6-2-7-13-23/h1-15,25H,16-21H2,(H,31,35). The molecule has 0 spiro atoms. The fraction of sp³-hybridized carbons (Fsp3) is 0.233. The van der Waals surface area contributed by atoms with Gasteiger partial charge in [-0.1, -0.05) is 78.9 Å². The molecule has 1 aliphatic rings. The first-order valence-electron chi connectivity index (χ1n) is 12.4. The Morgan fingerprint density at radius 1 is 0.833 bits per heavy atom. The number of aromatic nitrogens is 1. The molecule has 5 rings (SSSR count). The molecular formula is C30H29N3O3. The van der Waals surface area contributed by atoms with Gasteiger partial charge in [-0.3, -0.25) is 9.59 Å². The molecule has 3 aromatic carbocycles. The summed E-state index contributed by atoms with van der Waals surface area (Å²) in [6.07, 6.45) is 2.28. The van der Waals surface area contributed by atoms with Crippen molar-refractivity contribution >= 4 is 11.8 Å². The third-order valence-corrected chi connectivity index (χ3v) is 6.53. The van der Waals surface area contributed by atoms with E-state index in [1.807, 2.05) is 95.9 Å². The zero-order chi connectivity index (χ0) is 24.7. The molecular weight excluding hydrogens is 450 g/mol. The number of piperidine rings is 1. The lowest BCUT2D eigenvalue weighted by Crippen LogP contribution is -2.46. The van der Waals surface area contributed by atoms with Gasteiger partial charge in [-0.25, -0.2) is 4.98 Å². The molecule has 0 bridgehead atoms. The first kappa shape index (κ1) is 23.5. The number of nitrogens with zero attached hydrogens (tertiary/aromatic N) is 2. The summed E-state index contributed by atoms with van der Waals surface area (Å²) >= 11 is 0. The molecule has 0 aliphatic carbocycles. The molecule has 4 aromatic rings. The lowest BCUT2D eigenvalue weighted by Gasteiger charge is -2.32. The third-order valence-electron chi connectivity index (χ3n) is 6.53. The Bertz CT molecular complexity index is 1240. The molecule has 0 saturated carbocycles. The van der Waals surface area contributed by atoms with Gasteiger partial charge in [-0.05, 0) is 25.0 Å². The predicted molar refractivity (Wildman–Crippen MR) is 139 cm³/mol. The first-order chi connectivity index (χ1) is 17.7. The number of hydrogen-bond acceptors (Lipinski definition) is 4. The van der Waals surface area contributed by atoms with Gasteiger partial charge in [0.15, 0.2) is 11.7 Å². The summed E-state index contributed by atoms with van der Waals surface area (Å²) in [5, 5.41) is 3.09. The van der Waals surface area contributed by atoms with E-state index in [9.17, 15) is 9.59 Å². The minimum atomic E-state index is -0.0623. The quantitative estimate of drug-likeness (QED) is 0.387. The average Bonchev–Trinajstić information content (AvgIpc) is 3.38. The molecule has 0 unspecified atom stereocenters. The summed E-state index contributed by atoms with van der Waals surface area (Å²) in [4.78, 5) is 32.0. The van der Waals surface area contributed by atoms with Crippen LogP contribution in [-0.4, -0.2) is 40.8 Å². The summed E-state index contributed by atoms with van der Waals surface area (Å²) in [5.74, 6) is 1.31. The number of nitrogens with one attached hydrogen (secondary N) is 1. The molecule has 2 heterocycles. The van der Waals surface area contributed by atoms with E-state index >= 15 is 0 Å². The second-order valence-corrected chi connectivity index (χ2v) is 9.01. The maximum Gasteiger partial charge on any atom is 0.251 e. The van der Waals surface area contributed by atoms with Gasteiger partial charge >= 0.3 is 0 Å². The third kappa shape index (κ3) is 5.54. The molecule has 6 heteroatoms. The van der Waals surface area contributed by atoms with E-state index in [0.29, 0.717) is 37.4 Å². The molecule has 1 N–H and O–H groups in total. The van der Waals surface area contributed by atoms with Crippen LogP contribution < -0.4 is 5.32 Å². The Balaban J connectivity index is 1.19. The number of carbonyl (C=O) groups is 2. The monoisotopic (exact) mass is 479 g/mol. The van der Waals surface area contributed by atoms with Crippen molar-refractivity contribution in [3.63, 3.8) is 0 Å². The maximum absolute atomic E-state index is 12.9. The average molecular weight is 480 g/mol. The number of rotatable bonds is 7. The molecule has 1 saturated heterocycles. The van der Waals surface area contributed by atoms with Crippen LogP contribution in [-0.2, 0) is 11.2 Å². The van der Waals surface area contributed by atoms with Gasteiger partial charge in [-0.15, -0.1) is 0 Å². The Morgan fingerprint density at radius 3 is 2.06 bits per heavy atom. The molecule has 0 atom stereocenters. The van der Waals surface area contributed by atoms with Crippen molar-refractivity contribution in [1.82, 2.24) is 15.2 Å². The van der Waals surface area contributed by atoms with Crippen LogP contribution >= 0.6 is 0 Å².